The van der Waals surface area contributed by atoms with Crippen molar-refractivity contribution in [3.05, 3.63) is 45.5 Å². The lowest BCUT2D eigenvalue weighted by Crippen LogP contribution is -2.34. The van der Waals surface area contributed by atoms with Gasteiger partial charge in [0.2, 0.25) is 0 Å². The number of carbonyl (C=O) groups excluding carboxylic acids is 2. The SMILES string of the molecule is CCN(CC)C(=O)Oc1c(C(C)(C)C)cc(C)c(C)c1-c1c(C)c(C)cc(C(C)(C)C)c1OC(=O)N(CC)CC. The van der Waals surface area contributed by atoms with E-state index in [1.54, 1.807) is 9.80 Å². The molecule has 6 nitrogen and oxygen atoms in total. The zero-order valence-electron chi connectivity index (χ0n) is 27.5. The van der Waals surface area contributed by atoms with Gasteiger partial charge < -0.3 is 19.3 Å². The van der Waals surface area contributed by atoms with E-state index >= 15 is 0 Å². The zero-order valence-corrected chi connectivity index (χ0v) is 27.5. The molecule has 0 aliphatic carbocycles. The Hall–Kier alpha value is -3.02. The number of rotatable bonds is 7. The second-order valence-electron chi connectivity index (χ2n) is 12.7. The summed E-state index contributed by atoms with van der Waals surface area (Å²) in [4.78, 5) is 30.3. The normalized spacial score (nSPS) is 11.8. The van der Waals surface area contributed by atoms with Crippen LogP contribution >= 0.6 is 0 Å². The van der Waals surface area contributed by atoms with Crippen LogP contribution in [0.1, 0.15) is 103 Å². The molecular weight excluding hydrogens is 500 g/mol. The Morgan fingerprint density at radius 1 is 0.600 bits per heavy atom. The van der Waals surface area contributed by atoms with Crippen molar-refractivity contribution in [2.24, 2.45) is 0 Å². The fourth-order valence-electron chi connectivity index (χ4n) is 4.98. The third-order valence-corrected chi connectivity index (χ3v) is 7.89. The maximum Gasteiger partial charge on any atom is 0.415 e. The fraction of sp³-hybridized carbons (Fsp3) is 0.588. The zero-order chi connectivity index (χ0) is 30.7. The third-order valence-electron chi connectivity index (χ3n) is 7.89. The first kappa shape index (κ1) is 33.2. The molecule has 2 amide bonds. The number of carbonyl (C=O) groups is 2. The van der Waals surface area contributed by atoms with Crippen LogP contribution in [0.15, 0.2) is 12.1 Å². The van der Waals surface area contributed by atoms with Crippen molar-refractivity contribution in [1.29, 1.82) is 0 Å². The molecule has 0 fully saturated rings. The van der Waals surface area contributed by atoms with Gasteiger partial charge in [-0.3, -0.25) is 0 Å². The summed E-state index contributed by atoms with van der Waals surface area (Å²) in [6.07, 6.45) is -0.772. The minimum atomic E-state index is -0.386. The maximum atomic E-state index is 13.5. The van der Waals surface area contributed by atoms with Crippen molar-refractivity contribution < 1.29 is 19.1 Å². The largest absolute Gasteiger partial charge is 0.415 e. The van der Waals surface area contributed by atoms with Gasteiger partial charge >= 0.3 is 12.2 Å². The number of ether oxygens (including phenoxy) is 2. The van der Waals surface area contributed by atoms with E-state index in [0.717, 1.165) is 44.5 Å². The molecule has 0 spiro atoms. The lowest BCUT2D eigenvalue weighted by molar-refractivity contribution is 0.155. The van der Waals surface area contributed by atoms with Gasteiger partial charge in [-0.2, -0.15) is 0 Å². The molecule has 0 bridgehead atoms. The number of amides is 2. The van der Waals surface area contributed by atoms with Gasteiger partial charge in [0.1, 0.15) is 11.5 Å². The number of nitrogens with zero attached hydrogens (tertiary/aromatic N) is 2. The van der Waals surface area contributed by atoms with E-state index in [-0.39, 0.29) is 23.0 Å². The van der Waals surface area contributed by atoms with Gasteiger partial charge in [-0.05, 0) is 88.5 Å². The molecular formula is C34H52N2O4. The maximum absolute atomic E-state index is 13.5. The van der Waals surface area contributed by atoms with Crippen LogP contribution in [0.25, 0.3) is 11.1 Å². The molecule has 0 saturated heterocycles. The van der Waals surface area contributed by atoms with Crippen molar-refractivity contribution in [2.75, 3.05) is 26.2 Å². The molecule has 6 heteroatoms. The summed E-state index contributed by atoms with van der Waals surface area (Å²) in [7, 11) is 0. The fourth-order valence-corrected chi connectivity index (χ4v) is 4.98. The van der Waals surface area contributed by atoms with E-state index in [2.05, 4.69) is 81.4 Å². The number of benzene rings is 2. The second kappa shape index (κ2) is 12.7. The smallest absolute Gasteiger partial charge is 0.409 e. The van der Waals surface area contributed by atoms with E-state index in [1.807, 2.05) is 27.7 Å². The average molecular weight is 553 g/mol. The van der Waals surface area contributed by atoms with Crippen molar-refractivity contribution >= 4 is 12.2 Å². The highest BCUT2D eigenvalue weighted by Gasteiger charge is 2.33. The van der Waals surface area contributed by atoms with E-state index < -0.39 is 0 Å². The predicted molar refractivity (Wildman–Crippen MR) is 166 cm³/mol. The minimum Gasteiger partial charge on any atom is -0.409 e. The summed E-state index contributed by atoms with van der Waals surface area (Å²) in [6, 6.07) is 4.25. The van der Waals surface area contributed by atoms with Crippen LogP contribution in [-0.2, 0) is 10.8 Å². The molecule has 2 rings (SSSR count). The summed E-state index contributed by atoms with van der Waals surface area (Å²) in [5.74, 6) is 1.06. The Kier molecular flexibility index (Phi) is 10.5. The highest BCUT2D eigenvalue weighted by molar-refractivity contribution is 5.89. The van der Waals surface area contributed by atoms with Crippen molar-refractivity contribution in [1.82, 2.24) is 9.80 Å². The van der Waals surface area contributed by atoms with E-state index in [0.29, 0.717) is 37.7 Å². The van der Waals surface area contributed by atoms with Gasteiger partial charge in [0.15, 0.2) is 0 Å². The number of aryl methyl sites for hydroxylation is 2. The topological polar surface area (TPSA) is 59.1 Å². The van der Waals surface area contributed by atoms with Crippen LogP contribution in [0.3, 0.4) is 0 Å². The Balaban J connectivity index is 3.16. The van der Waals surface area contributed by atoms with Crippen LogP contribution in [0.2, 0.25) is 0 Å². The number of hydrogen-bond acceptors (Lipinski definition) is 4. The average Bonchev–Trinajstić information content (AvgIpc) is 2.84. The van der Waals surface area contributed by atoms with Gasteiger partial charge in [-0.1, -0.05) is 53.7 Å². The van der Waals surface area contributed by atoms with Crippen molar-refractivity contribution in [3.8, 4) is 22.6 Å². The molecule has 0 N–H and O–H groups in total. The van der Waals surface area contributed by atoms with Gasteiger partial charge in [-0.25, -0.2) is 9.59 Å². The van der Waals surface area contributed by atoms with Crippen LogP contribution in [0, 0.1) is 27.7 Å². The predicted octanol–water partition coefficient (Wildman–Crippen LogP) is 8.86. The Labute approximate surface area is 243 Å². The van der Waals surface area contributed by atoms with Crippen LogP contribution in [0.5, 0.6) is 11.5 Å². The highest BCUT2D eigenvalue weighted by Crippen LogP contribution is 2.50. The molecule has 0 saturated carbocycles. The van der Waals surface area contributed by atoms with Crippen LogP contribution in [-0.4, -0.2) is 48.2 Å². The van der Waals surface area contributed by atoms with E-state index in [1.165, 1.54) is 0 Å². The molecule has 0 atom stereocenters. The number of hydrogen-bond donors (Lipinski definition) is 0. The van der Waals surface area contributed by atoms with Crippen LogP contribution in [0.4, 0.5) is 9.59 Å². The molecule has 2 aromatic carbocycles. The molecule has 222 valence electrons. The first-order valence-corrected chi connectivity index (χ1v) is 14.7. The summed E-state index contributed by atoms with van der Waals surface area (Å²) in [5.41, 5.74) is 7.01. The lowest BCUT2D eigenvalue weighted by atomic mass is 9.77. The first-order valence-electron chi connectivity index (χ1n) is 14.7. The third kappa shape index (κ3) is 6.82. The van der Waals surface area contributed by atoms with Gasteiger partial charge in [0.25, 0.3) is 0 Å². The Morgan fingerprint density at radius 3 is 1.10 bits per heavy atom. The molecule has 0 aliphatic rings. The van der Waals surface area contributed by atoms with Gasteiger partial charge in [0, 0.05) is 48.4 Å². The van der Waals surface area contributed by atoms with E-state index in [9.17, 15) is 9.59 Å². The first-order chi connectivity index (χ1) is 18.4. The van der Waals surface area contributed by atoms with E-state index in [4.69, 9.17) is 9.47 Å². The molecule has 40 heavy (non-hydrogen) atoms. The monoisotopic (exact) mass is 552 g/mol. The molecule has 0 unspecified atom stereocenters. The molecule has 0 aliphatic heterocycles. The summed E-state index contributed by atoms with van der Waals surface area (Å²) in [6.45, 7) is 31.0. The Morgan fingerprint density at radius 2 is 0.875 bits per heavy atom. The van der Waals surface area contributed by atoms with Crippen molar-refractivity contribution in [2.45, 2.75) is 108 Å². The standard InChI is InChI=1S/C34H52N2O4/c1-15-35(16-2)31(37)39-29-25(33(9,10)11)19-21(5)23(7)27(29)28-24(8)22(6)20-26(34(12,13)14)30(28)40-32(38)36(17-3)18-4/h19-20H,15-18H2,1-14H3. The second-order valence-corrected chi connectivity index (χ2v) is 12.7. The van der Waals surface area contributed by atoms with Crippen molar-refractivity contribution in [3.63, 3.8) is 0 Å². The molecule has 0 radical (unpaired) electrons. The van der Waals surface area contributed by atoms with Gasteiger partial charge in [0.05, 0.1) is 0 Å². The molecule has 2 aromatic rings. The molecule has 0 aromatic heterocycles. The lowest BCUT2D eigenvalue weighted by Gasteiger charge is -2.32. The summed E-state index contributed by atoms with van der Waals surface area (Å²) >= 11 is 0. The van der Waals surface area contributed by atoms with Crippen LogP contribution < -0.4 is 9.47 Å². The molecule has 0 heterocycles. The minimum absolute atomic E-state index is 0.311. The quantitative estimate of drug-likeness (QED) is 0.344. The highest BCUT2D eigenvalue weighted by atomic mass is 16.6. The summed E-state index contributed by atoms with van der Waals surface area (Å²) in [5, 5.41) is 0. The van der Waals surface area contributed by atoms with Gasteiger partial charge in [-0.15, -0.1) is 0 Å². The Bertz CT molecular complexity index is 1140. The summed E-state index contributed by atoms with van der Waals surface area (Å²) < 4.78 is 12.7.